The van der Waals surface area contributed by atoms with Crippen LogP contribution in [0.1, 0.15) is 8.35 Å². The fourth-order valence-corrected chi connectivity index (χ4v) is 0. The summed E-state index contributed by atoms with van der Waals surface area (Å²) in [7, 11) is 0. The molecule has 0 aromatic heterocycles. The van der Waals surface area contributed by atoms with Crippen LogP contribution >= 0.6 is 0 Å². The summed E-state index contributed by atoms with van der Waals surface area (Å²) in [5.41, 5.74) is 0. The van der Waals surface area contributed by atoms with E-state index < -0.39 is 12.1 Å². The number of hydrogen-bond acceptors (Lipinski definition) is 3. The molecule has 0 bridgehead atoms. The topological polar surface area (TPSA) is 60.4 Å². The maximum absolute atomic E-state index is 9.34. The smallest absolute Gasteiger partial charge is 1.00 e. The van der Waals surface area contributed by atoms with Crippen molar-refractivity contribution in [3.63, 3.8) is 0 Å². The number of rotatable bonds is 1. The zero-order valence-corrected chi connectivity index (χ0v) is 10.5. The van der Waals surface area contributed by atoms with Crippen LogP contribution < -0.4 is 86.0 Å². The van der Waals surface area contributed by atoms with Crippen molar-refractivity contribution in [3.05, 3.63) is 0 Å². The van der Waals surface area contributed by atoms with E-state index in [9.17, 15) is 9.90 Å². The van der Waals surface area contributed by atoms with Crippen LogP contribution in [0.3, 0.4) is 0 Å². The van der Waals surface area contributed by atoms with E-state index in [1.807, 2.05) is 0 Å². The molecule has 0 fully saturated rings. The molecule has 0 aliphatic carbocycles. The Morgan fingerprint density at radius 3 is 2.00 bits per heavy atom. The van der Waals surface area contributed by atoms with Crippen LogP contribution in [0.5, 0.6) is 0 Å². The van der Waals surface area contributed by atoms with Gasteiger partial charge in [0.15, 0.2) is 0 Å². The second-order valence-electron chi connectivity index (χ2n) is 0.995. The molecule has 3 nitrogen and oxygen atoms in total. The molecule has 0 spiro atoms. The van der Waals surface area contributed by atoms with E-state index in [0.717, 1.165) is 6.92 Å². The van der Waals surface area contributed by atoms with Crippen molar-refractivity contribution >= 4 is 5.97 Å². The van der Waals surface area contributed by atoms with Crippen LogP contribution in [0.4, 0.5) is 0 Å². The Hall–Kier alpha value is 2.07. The van der Waals surface area contributed by atoms with E-state index in [0.29, 0.717) is 0 Å². The molecule has 0 aliphatic heterocycles. The molecule has 0 radical (unpaired) electrons. The molecule has 1 atom stereocenters. The molecule has 1 unspecified atom stereocenters. The van der Waals surface area contributed by atoms with Crippen LogP contribution in [-0.4, -0.2) is 17.2 Å². The average molecular weight is 152 g/mol. The van der Waals surface area contributed by atoms with E-state index in [-0.39, 0.29) is 82.4 Å². The molecule has 38 valence electrons. The molecule has 0 rings (SSSR count). The van der Waals surface area contributed by atoms with Gasteiger partial charge in [-0.2, -0.15) is 0 Å². The Balaban J connectivity index is -0.0000000417. The average Bonchev–Trinajstić information content (AvgIpc) is 1.36. The molecule has 0 aliphatic rings. The van der Waals surface area contributed by atoms with Crippen molar-refractivity contribution in [3.8, 4) is 0 Å². The summed E-state index contributed by atoms with van der Waals surface area (Å²) in [6.07, 6.45) is -1.34. The van der Waals surface area contributed by atoms with Gasteiger partial charge in [0.1, 0.15) is 0 Å². The van der Waals surface area contributed by atoms with E-state index >= 15 is 0 Å². The molecule has 0 amide bonds. The Labute approximate surface area is 114 Å². The van der Waals surface area contributed by atoms with Crippen molar-refractivity contribution in [2.24, 2.45) is 0 Å². The van der Waals surface area contributed by atoms with Gasteiger partial charge in [-0.1, -0.05) is 0 Å². The number of carbonyl (C=O) groups excluding carboxylic acids is 1. The van der Waals surface area contributed by atoms with Crippen LogP contribution in [-0.2, 0) is 4.79 Å². The molecule has 0 aromatic carbocycles. The summed E-state index contributed by atoms with van der Waals surface area (Å²) in [6, 6.07) is 0. The fraction of sp³-hybridized carbons (Fsp3) is 0.667. The molecular formula is C3H6KNaO3. The Bertz CT molecular complexity index is 70.1. The van der Waals surface area contributed by atoms with Crippen LogP contribution in [0, 0.1) is 0 Å². The normalized spacial score (nSPS) is 10.2. The van der Waals surface area contributed by atoms with Crippen LogP contribution in [0.15, 0.2) is 0 Å². The largest absolute Gasteiger partial charge is 1.00 e. The zero-order chi connectivity index (χ0) is 5.15. The van der Waals surface area contributed by atoms with Crippen molar-refractivity contribution < 1.29 is 97.4 Å². The van der Waals surface area contributed by atoms with Gasteiger partial charge >= 0.3 is 80.9 Å². The summed E-state index contributed by atoms with van der Waals surface area (Å²) in [5, 5.41) is 17.3. The number of hydrogen-bond donors (Lipinski definition) is 1. The molecule has 0 heterocycles. The minimum atomic E-state index is -1.44. The standard InChI is InChI=1S/C3H6O3.K.Na.H/c1-2(4)3(5)6;;;/h2,4H,1H3,(H,5,6);;;/q;2*+1;-1/p-1. The molecule has 0 saturated heterocycles. The van der Waals surface area contributed by atoms with Gasteiger partial charge in [-0.25, -0.2) is 0 Å². The first kappa shape index (κ1) is 16.6. The zero-order valence-electron chi connectivity index (χ0n) is 6.34. The van der Waals surface area contributed by atoms with Gasteiger partial charge in [-0.3, -0.25) is 0 Å². The number of aliphatic hydroxyl groups excluding tert-OH is 1. The fourth-order valence-electron chi connectivity index (χ4n) is 0. The molecular weight excluding hydrogens is 146 g/mol. The minimum Gasteiger partial charge on any atom is -1.00 e. The van der Waals surface area contributed by atoms with Gasteiger partial charge in [0.2, 0.25) is 0 Å². The number of carboxylic acid groups (broad SMARTS) is 1. The predicted molar refractivity (Wildman–Crippen MR) is 17.8 cm³/mol. The summed E-state index contributed by atoms with van der Waals surface area (Å²) in [6.45, 7) is 1.13. The quantitative estimate of drug-likeness (QED) is 0.380. The first-order chi connectivity index (χ1) is 2.64. The van der Waals surface area contributed by atoms with Gasteiger partial charge in [0.05, 0.1) is 12.1 Å². The van der Waals surface area contributed by atoms with E-state index in [1.165, 1.54) is 0 Å². The SMILES string of the molecule is CC(O)C(=O)[O-].[H-].[K+].[Na+]. The third kappa shape index (κ3) is 10.9. The molecule has 1 N–H and O–H groups in total. The third-order valence-electron chi connectivity index (χ3n) is 0.341. The van der Waals surface area contributed by atoms with Gasteiger partial charge in [-0.15, -0.1) is 0 Å². The maximum Gasteiger partial charge on any atom is 1.00 e. The van der Waals surface area contributed by atoms with Crippen molar-refractivity contribution in [1.82, 2.24) is 0 Å². The summed E-state index contributed by atoms with van der Waals surface area (Å²) in [5.74, 6) is -1.44. The Morgan fingerprint density at radius 1 is 1.88 bits per heavy atom. The van der Waals surface area contributed by atoms with Crippen molar-refractivity contribution in [2.75, 3.05) is 0 Å². The number of carboxylic acids is 1. The van der Waals surface area contributed by atoms with E-state index in [1.54, 1.807) is 0 Å². The third-order valence-corrected chi connectivity index (χ3v) is 0.341. The van der Waals surface area contributed by atoms with Crippen LogP contribution in [0.25, 0.3) is 0 Å². The van der Waals surface area contributed by atoms with Crippen molar-refractivity contribution in [2.45, 2.75) is 13.0 Å². The first-order valence-electron chi connectivity index (χ1n) is 1.53. The Kier molecular flexibility index (Phi) is 18.8. The second-order valence-corrected chi connectivity index (χ2v) is 0.995. The van der Waals surface area contributed by atoms with Crippen molar-refractivity contribution in [1.29, 1.82) is 0 Å². The Morgan fingerprint density at radius 2 is 2.00 bits per heavy atom. The molecule has 0 saturated carbocycles. The minimum absolute atomic E-state index is 0. The molecule has 0 aromatic rings. The molecule has 8 heavy (non-hydrogen) atoms. The maximum atomic E-state index is 9.34. The van der Waals surface area contributed by atoms with E-state index in [2.05, 4.69) is 0 Å². The summed E-state index contributed by atoms with van der Waals surface area (Å²) >= 11 is 0. The monoisotopic (exact) mass is 152 g/mol. The summed E-state index contributed by atoms with van der Waals surface area (Å²) < 4.78 is 0. The number of carbonyl (C=O) groups is 1. The van der Waals surface area contributed by atoms with Gasteiger partial charge < -0.3 is 16.4 Å². The number of aliphatic hydroxyl groups is 1. The first-order valence-corrected chi connectivity index (χ1v) is 1.53. The summed E-state index contributed by atoms with van der Waals surface area (Å²) in [4.78, 5) is 9.34. The second kappa shape index (κ2) is 9.07. The molecule has 5 heteroatoms. The van der Waals surface area contributed by atoms with Gasteiger partial charge in [0, 0.05) is 0 Å². The van der Waals surface area contributed by atoms with Gasteiger partial charge in [-0.05, 0) is 6.92 Å². The van der Waals surface area contributed by atoms with E-state index in [4.69, 9.17) is 5.11 Å². The predicted octanol–water partition coefficient (Wildman–Crippen LogP) is -7.76. The van der Waals surface area contributed by atoms with Gasteiger partial charge in [0.25, 0.3) is 0 Å². The van der Waals surface area contributed by atoms with Crippen LogP contribution in [0.2, 0.25) is 0 Å². The number of aliphatic carboxylic acids is 1.